The number of pyridine rings is 1. The number of carbonyl (C=O) groups is 2. The molecule has 0 radical (unpaired) electrons. The maximum Gasteiger partial charge on any atom is 0.259 e. The SMILES string of the molecule is CCCCN(C)C(=N)c1ccc(C(=O)Nc2ccc(F)cc2C(=O)Nc2ccc(CC)cn2)c(F)c1. The highest BCUT2D eigenvalue weighted by Crippen LogP contribution is 2.21. The second-order valence-electron chi connectivity index (χ2n) is 8.32. The highest BCUT2D eigenvalue weighted by molar-refractivity contribution is 6.12. The molecule has 0 fully saturated rings. The molecule has 36 heavy (non-hydrogen) atoms. The van der Waals surface area contributed by atoms with E-state index < -0.39 is 23.4 Å². The Bertz CT molecular complexity index is 1260. The first-order valence-corrected chi connectivity index (χ1v) is 11.7. The Morgan fingerprint density at radius 3 is 2.36 bits per heavy atom. The van der Waals surface area contributed by atoms with Gasteiger partial charge in [0, 0.05) is 25.4 Å². The minimum absolute atomic E-state index is 0.0135. The zero-order valence-corrected chi connectivity index (χ0v) is 20.5. The highest BCUT2D eigenvalue weighted by atomic mass is 19.1. The van der Waals surface area contributed by atoms with Crippen LogP contribution in [0.5, 0.6) is 0 Å². The summed E-state index contributed by atoms with van der Waals surface area (Å²) in [6.07, 6.45) is 4.28. The average Bonchev–Trinajstić information content (AvgIpc) is 2.88. The summed E-state index contributed by atoms with van der Waals surface area (Å²) in [7, 11) is 1.76. The molecule has 0 atom stereocenters. The minimum Gasteiger partial charge on any atom is -0.360 e. The molecule has 2 amide bonds. The molecule has 0 saturated carbocycles. The third-order valence-corrected chi connectivity index (χ3v) is 5.66. The second kappa shape index (κ2) is 12.0. The molecule has 3 N–H and O–H groups in total. The van der Waals surface area contributed by atoms with Crippen molar-refractivity contribution in [3.63, 3.8) is 0 Å². The molecule has 3 aromatic rings. The van der Waals surface area contributed by atoms with Crippen LogP contribution in [0.1, 0.15) is 58.5 Å². The molecule has 1 heterocycles. The third kappa shape index (κ3) is 6.50. The first-order valence-electron chi connectivity index (χ1n) is 11.7. The van der Waals surface area contributed by atoms with Crippen molar-refractivity contribution in [2.75, 3.05) is 24.2 Å². The normalized spacial score (nSPS) is 10.6. The van der Waals surface area contributed by atoms with E-state index in [4.69, 9.17) is 5.41 Å². The summed E-state index contributed by atoms with van der Waals surface area (Å²) < 4.78 is 28.8. The minimum atomic E-state index is -0.813. The van der Waals surface area contributed by atoms with Crippen molar-refractivity contribution in [2.45, 2.75) is 33.1 Å². The molecule has 0 saturated heterocycles. The van der Waals surface area contributed by atoms with Gasteiger partial charge in [0.15, 0.2) is 0 Å². The molecule has 188 valence electrons. The van der Waals surface area contributed by atoms with E-state index in [2.05, 4.69) is 15.6 Å². The number of nitrogens with zero attached hydrogens (tertiary/aromatic N) is 2. The van der Waals surface area contributed by atoms with Gasteiger partial charge in [0.2, 0.25) is 0 Å². The van der Waals surface area contributed by atoms with E-state index in [1.807, 2.05) is 19.9 Å². The van der Waals surface area contributed by atoms with Crippen LogP contribution in [0.2, 0.25) is 0 Å². The molecule has 0 aliphatic carbocycles. The zero-order chi connectivity index (χ0) is 26.2. The summed E-state index contributed by atoms with van der Waals surface area (Å²) in [4.78, 5) is 31.5. The summed E-state index contributed by atoms with van der Waals surface area (Å²) in [5.41, 5.74) is 0.935. The van der Waals surface area contributed by atoms with Crippen molar-refractivity contribution in [2.24, 2.45) is 0 Å². The topological polar surface area (TPSA) is 98.2 Å². The molecule has 9 heteroatoms. The lowest BCUT2D eigenvalue weighted by Crippen LogP contribution is -2.28. The van der Waals surface area contributed by atoms with Crippen LogP contribution in [0.15, 0.2) is 54.7 Å². The summed E-state index contributed by atoms with van der Waals surface area (Å²) in [6, 6.07) is 10.7. The van der Waals surface area contributed by atoms with Crippen LogP contribution in [-0.4, -0.2) is 41.1 Å². The number of amidine groups is 1. The fraction of sp³-hybridized carbons (Fsp3) is 0.259. The first kappa shape index (κ1) is 26.5. The van der Waals surface area contributed by atoms with Crippen molar-refractivity contribution in [1.82, 2.24) is 9.88 Å². The van der Waals surface area contributed by atoms with E-state index in [0.29, 0.717) is 12.1 Å². The predicted molar refractivity (Wildman–Crippen MR) is 137 cm³/mol. The monoisotopic (exact) mass is 493 g/mol. The van der Waals surface area contributed by atoms with Crippen LogP contribution in [-0.2, 0) is 6.42 Å². The first-order chi connectivity index (χ1) is 17.2. The van der Waals surface area contributed by atoms with Crippen LogP contribution in [0, 0.1) is 17.0 Å². The van der Waals surface area contributed by atoms with Gasteiger partial charge in [-0.3, -0.25) is 15.0 Å². The van der Waals surface area contributed by atoms with E-state index in [1.54, 1.807) is 24.2 Å². The number of aromatic nitrogens is 1. The standard InChI is InChI=1S/C27H29F2N5O2/c1-4-6-13-34(3)25(30)18-8-10-20(22(29)14-18)26(35)32-23-11-9-19(28)15-21(23)27(36)33-24-12-7-17(5-2)16-31-24/h7-12,14-16,30H,4-6,13H2,1-3H3,(H,32,35)(H,31,33,36). The molecule has 0 unspecified atom stereocenters. The van der Waals surface area contributed by atoms with E-state index in [1.165, 1.54) is 18.2 Å². The van der Waals surface area contributed by atoms with Gasteiger partial charge in [-0.25, -0.2) is 13.8 Å². The zero-order valence-electron chi connectivity index (χ0n) is 20.5. The molecule has 0 aliphatic rings. The van der Waals surface area contributed by atoms with Gasteiger partial charge in [-0.15, -0.1) is 0 Å². The molecular formula is C27H29F2N5O2. The van der Waals surface area contributed by atoms with Crippen molar-refractivity contribution in [3.8, 4) is 0 Å². The smallest absolute Gasteiger partial charge is 0.259 e. The summed E-state index contributed by atoms with van der Waals surface area (Å²) in [5, 5.41) is 13.3. The number of halogens is 2. The van der Waals surface area contributed by atoms with Gasteiger partial charge in [-0.1, -0.05) is 32.4 Å². The molecule has 0 aliphatic heterocycles. The quantitative estimate of drug-likeness (QED) is 0.271. The summed E-state index contributed by atoms with van der Waals surface area (Å²) in [5.74, 6) is -2.56. The fourth-order valence-electron chi connectivity index (χ4n) is 3.47. The Hall–Kier alpha value is -4.14. The van der Waals surface area contributed by atoms with Crippen LogP contribution in [0.25, 0.3) is 0 Å². The molecular weight excluding hydrogens is 464 g/mol. The maximum absolute atomic E-state index is 14.8. The van der Waals surface area contributed by atoms with Gasteiger partial charge in [-0.2, -0.15) is 0 Å². The molecule has 2 aromatic carbocycles. The molecule has 7 nitrogen and oxygen atoms in total. The number of benzene rings is 2. The second-order valence-corrected chi connectivity index (χ2v) is 8.32. The molecule has 0 spiro atoms. The Morgan fingerprint density at radius 2 is 1.72 bits per heavy atom. The number of hydrogen-bond donors (Lipinski definition) is 3. The van der Waals surface area contributed by atoms with Crippen molar-refractivity contribution in [3.05, 3.63) is 88.6 Å². The number of unbranched alkanes of at least 4 members (excludes halogenated alkanes) is 1. The fourth-order valence-corrected chi connectivity index (χ4v) is 3.47. The average molecular weight is 494 g/mol. The largest absolute Gasteiger partial charge is 0.360 e. The summed E-state index contributed by atoms with van der Waals surface area (Å²) in [6.45, 7) is 4.68. The van der Waals surface area contributed by atoms with E-state index >= 15 is 0 Å². The lowest BCUT2D eigenvalue weighted by molar-refractivity contribution is 0.102. The molecule has 3 rings (SSSR count). The number of carbonyl (C=O) groups excluding carboxylic acids is 2. The van der Waals surface area contributed by atoms with Gasteiger partial charge in [0.05, 0.1) is 16.8 Å². The highest BCUT2D eigenvalue weighted by Gasteiger charge is 2.19. The predicted octanol–water partition coefficient (Wildman–Crippen LogP) is 5.48. The van der Waals surface area contributed by atoms with E-state index in [-0.39, 0.29) is 28.5 Å². The molecule has 1 aromatic heterocycles. The van der Waals surface area contributed by atoms with Crippen molar-refractivity contribution < 1.29 is 18.4 Å². The van der Waals surface area contributed by atoms with Crippen molar-refractivity contribution in [1.29, 1.82) is 5.41 Å². The van der Waals surface area contributed by atoms with Crippen molar-refractivity contribution >= 4 is 29.2 Å². The van der Waals surface area contributed by atoms with Crippen LogP contribution in [0.4, 0.5) is 20.3 Å². The van der Waals surface area contributed by atoms with Crippen LogP contribution in [0.3, 0.4) is 0 Å². The number of hydrogen-bond acceptors (Lipinski definition) is 4. The van der Waals surface area contributed by atoms with Gasteiger partial charge in [-0.05, 0) is 54.8 Å². The van der Waals surface area contributed by atoms with Gasteiger partial charge < -0.3 is 15.5 Å². The van der Waals surface area contributed by atoms with Gasteiger partial charge in [0.1, 0.15) is 23.3 Å². The van der Waals surface area contributed by atoms with Gasteiger partial charge >= 0.3 is 0 Å². The Balaban J connectivity index is 1.78. The number of anilines is 2. The van der Waals surface area contributed by atoms with Crippen LogP contribution >= 0.6 is 0 Å². The van der Waals surface area contributed by atoms with Gasteiger partial charge in [0.25, 0.3) is 11.8 Å². The lowest BCUT2D eigenvalue weighted by Gasteiger charge is -2.20. The van der Waals surface area contributed by atoms with Crippen LogP contribution < -0.4 is 10.6 Å². The third-order valence-electron chi connectivity index (χ3n) is 5.66. The maximum atomic E-state index is 14.8. The number of rotatable bonds is 9. The number of aryl methyl sites for hydroxylation is 1. The Morgan fingerprint density at radius 1 is 0.972 bits per heavy atom. The molecule has 0 bridgehead atoms. The summed E-state index contributed by atoms with van der Waals surface area (Å²) >= 11 is 0. The number of amides is 2. The van der Waals surface area contributed by atoms with E-state index in [9.17, 15) is 18.4 Å². The Labute approximate surface area is 209 Å². The lowest BCUT2D eigenvalue weighted by atomic mass is 10.1. The van der Waals surface area contributed by atoms with E-state index in [0.717, 1.165) is 43.0 Å². The Kier molecular flexibility index (Phi) is 8.83. The number of nitrogens with one attached hydrogen (secondary N) is 3.